The zero-order valence-electron chi connectivity index (χ0n) is 22.1. The van der Waals surface area contributed by atoms with Gasteiger partial charge in [0.2, 0.25) is 5.91 Å². The Kier molecular flexibility index (Phi) is 7.62. The fourth-order valence-corrected chi connectivity index (χ4v) is 4.96. The molecule has 3 heterocycles. The first-order chi connectivity index (χ1) is 19.0. The van der Waals surface area contributed by atoms with Crippen molar-refractivity contribution in [3.8, 4) is 11.5 Å². The van der Waals surface area contributed by atoms with Gasteiger partial charge in [-0.1, -0.05) is 24.3 Å². The molecule has 0 unspecified atom stereocenters. The van der Waals surface area contributed by atoms with Gasteiger partial charge < -0.3 is 19.3 Å². The molecule has 1 aliphatic rings. The number of ether oxygens (including phenoxy) is 2. The number of carbonyl (C=O) groups is 1. The number of hydrogen-bond donors (Lipinski definition) is 0. The van der Waals surface area contributed by atoms with E-state index in [1.54, 1.807) is 37.3 Å². The van der Waals surface area contributed by atoms with Crippen LogP contribution in [0.15, 0.2) is 76.4 Å². The quantitative estimate of drug-likeness (QED) is 0.345. The third-order valence-corrected chi connectivity index (χ3v) is 7.11. The molecule has 0 spiro atoms. The third-order valence-electron chi connectivity index (χ3n) is 7.11. The van der Waals surface area contributed by atoms with Crippen molar-refractivity contribution in [3.05, 3.63) is 93.3 Å². The lowest BCUT2D eigenvalue weighted by Crippen LogP contribution is -2.51. The van der Waals surface area contributed by atoms with Crippen LogP contribution in [0.3, 0.4) is 0 Å². The molecule has 0 atom stereocenters. The maximum absolute atomic E-state index is 13.6. The van der Waals surface area contributed by atoms with Crippen LogP contribution in [-0.2, 0) is 24.3 Å². The van der Waals surface area contributed by atoms with Gasteiger partial charge in [-0.05, 0) is 48.4 Å². The minimum atomic E-state index is -0.530. The summed E-state index contributed by atoms with van der Waals surface area (Å²) in [6, 6.07) is 18.9. The van der Waals surface area contributed by atoms with Crippen molar-refractivity contribution in [2.45, 2.75) is 19.5 Å². The Morgan fingerprint density at radius 3 is 2.33 bits per heavy atom. The molecule has 1 amide bonds. The first kappa shape index (κ1) is 26.0. The van der Waals surface area contributed by atoms with Gasteiger partial charge in [-0.2, -0.15) is 0 Å². The van der Waals surface area contributed by atoms with Crippen molar-refractivity contribution in [3.63, 3.8) is 0 Å². The Bertz CT molecular complexity index is 1590. The predicted octanol–water partition coefficient (Wildman–Crippen LogP) is 2.17. The predicted molar refractivity (Wildman–Crippen MR) is 149 cm³/mol. The second kappa shape index (κ2) is 11.4. The number of anilines is 1. The minimum Gasteiger partial charge on any atom is -0.493 e. The lowest BCUT2D eigenvalue weighted by atomic mass is 10.1. The SMILES string of the molecule is COc1ccc(CCn2c(=O)c3ncccc3n(CC(=O)N3CCN(c4ccccc4)CC3)c2=O)cc1OC. The zero-order chi connectivity index (χ0) is 27.4. The number of pyridine rings is 1. The number of nitrogens with zero attached hydrogens (tertiary/aromatic N) is 5. The van der Waals surface area contributed by atoms with Crippen molar-refractivity contribution in [2.24, 2.45) is 0 Å². The summed E-state index contributed by atoms with van der Waals surface area (Å²) in [5.41, 5.74) is 1.50. The van der Waals surface area contributed by atoms with Crippen LogP contribution in [0, 0.1) is 0 Å². The van der Waals surface area contributed by atoms with Crippen LogP contribution in [0.2, 0.25) is 0 Å². The number of fused-ring (bicyclic) bond motifs is 1. The lowest BCUT2D eigenvalue weighted by Gasteiger charge is -2.36. The summed E-state index contributed by atoms with van der Waals surface area (Å²) >= 11 is 0. The van der Waals surface area contributed by atoms with Crippen LogP contribution in [0.1, 0.15) is 5.56 Å². The van der Waals surface area contributed by atoms with E-state index < -0.39 is 11.2 Å². The number of rotatable bonds is 8. The fourth-order valence-electron chi connectivity index (χ4n) is 4.96. The number of benzene rings is 2. The van der Waals surface area contributed by atoms with Gasteiger partial charge in [-0.25, -0.2) is 9.78 Å². The smallest absolute Gasteiger partial charge is 0.332 e. The molecule has 2 aromatic heterocycles. The Balaban J connectivity index is 1.38. The van der Waals surface area contributed by atoms with Gasteiger partial charge in [-0.15, -0.1) is 0 Å². The number of para-hydroxylation sites is 1. The molecule has 39 heavy (non-hydrogen) atoms. The summed E-state index contributed by atoms with van der Waals surface area (Å²) in [7, 11) is 3.12. The number of piperazine rings is 1. The second-order valence-corrected chi connectivity index (χ2v) is 9.34. The molecular weight excluding hydrogens is 498 g/mol. The molecule has 0 saturated carbocycles. The normalized spacial score (nSPS) is 13.5. The van der Waals surface area contributed by atoms with E-state index in [0.29, 0.717) is 49.6 Å². The summed E-state index contributed by atoms with van der Waals surface area (Å²) in [4.78, 5) is 48.4. The number of aromatic nitrogens is 3. The number of hydrogen-bond acceptors (Lipinski definition) is 7. The van der Waals surface area contributed by atoms with Crippen molar-refractivity contribution in [2.75, 3.05) is 45.3 Å². The van der Waals surface area contributed by atoms with Gasteiger partial charge in [0.15, 0.2) is 17.0 Å². The standard InChI is InChI=1S/C29H31N5O5/c1-38-24-11-10-21(19-25(24)39-2)12-14-33-28(36)27-23(9-6-13-30-27)34(29(33)37)20-26(35)32-17-15-31(16-18-32)22-7-4-3-5-8-22/h3-11,13,19H,12,14-18,20H2,1-2H3. The Labute approximate surface area is 225 Å². The second-order valence-electron chi connectivity index (χ2n) is 9.34. The molecule has 4 aromatic rings. The summed E-state index contributed by atoms with van der Waals surface area (Å²) in [5, 5.41) is 0. The van der Waals surface area contributed by atoms with Crippen LogP contribution >= 0.6 is 0 Å². The van der Waals surface area contributed by atoms with Gasteiger partial charge in [0, 0.05) is 44.6 Å². The molecule has 202 valence electrons. The molecule has 1 saturated heterocycles. The van der Waals surface area contributed by atoms with Crippen molar-refractivity contribution in [1.82, 2.24) is 19.0 Å². The molecule has 0 bridgehead atoms. The molecule has 0 radical (unpaired) electrons. The van der Waals surface area contributed by atoms with Crippen LogP contribution in [-0.4, -0.2) is 65.3 Å². The van der Waals surface area contributed by atoms with E-state index in [1.165, 1.54) is 10.8 Å². The largest absolute Gasteiger partial charge is 0.493 e. The van der Waals surface area contributed by atoms with Gasteiger partial charge in [0.1, 0.15) is 6.54 Å². The van der Waals surface area contributed by atoms with Crippen molar-refractivity contribution < 1.29 is 14.3 Å². The van der Waals surface area contributed by atoms with Gasteiger partial charge in [0.25, 0.3) is 5.56 Å². The fraction of sp³-hybridized carbons (Fsp3) is 0.310. The van der Waals surface area contributed by atoms with Gasteiger partial charge in [-0.3, -0.25) is 18.7 Å². The van der Waals surface area contributed by atoms with Crippen LogP contribution in [0.25, 0.3) is 11.0 Å². The summed E-state index contributed by atoms with van der Waals surface area (Å²) in [6.07, 6.45) is 1.92. The minimum absolute atomic E-state index is 0.129. The maximum atomic E-state index is 13.6. The van der Waals surface area contributed by atoms with E-state index in [4.69, 9.17) is 9.47 Å². The van der Waals surface area contributed by atoms with E-state index in [2.05, 4.69) is 22.0 Å². The molecule has 2 aromatic carbocycles. The zero-order valence-corrected chi connectivity index (χ0v) is 22.1. The van der Waals surface area contributed by atoms with Crippen LogP contribution in [0.4, 0.5) is 5.69 Å². The molecule has 0 N–H and O–H groups in total. The first-order valence-electron chi connectivity index (χ1n) is 12.9. The molecule has 1 aliphatic heterocycles. The van der Waals surface area contributed by atoms with Gasteiger partial charge in [0.05, 0.1) is 19.7 Å². The summed E-state index contributed by atoms with van der Waals surface area (Å²) in [6.45, 7) is 2.48. The summed E-state index contributed by atoms with van der Waals surface area (Å²) in [5.74, 6) is 0.997. The van der Waals surface area contributed by atoms with E-state index in [9.17, 15) is 14.4 Å². The number of carbonyl (C=O) groups excluding carboxylic acids is 1. The number of amides is 1. The van der Waals surface area contributed by atoms with Crippen LogP contribution < -0.4 is 25.6 Å². The Hall–Kier alpha value is -4.60. The highest BCUT2D eigenvalue weighted by atomic mass is 16.5. The van der Waals surface area contributed by atoms with E-state index in [-0.39, 0.29) is 24.5 Å². The highest BCUT2D eigenvalue weighted by molar-refractivity contribution is 5.80. The van der Waals surface area contributed by atoms with Crippen molar-refractivity contribution in [1.29, 1.82) is 0 Å². The Morgan fingerprint density at radius 2 is 1.62 bits per heavy atom. The third kappa shape index (κ3) is 5.36. The highest BCUT2D eigenvalue weighted by Gasteiger charge is 2.23. The first-order valence-corrected chi connectivity index (χ1v) is 12.9. The summed E-state index contributed by atoms with van der Waals surface area (Å²) < 4.78 is 13.2. The average Bonchev–Trinajstić information content (AvgIpc) is 2.99. The number of aryl methyl sites for hydroxylation is 1. The average molecular weight is 530 g/mol. The van der Waals surface area contributed by atoms with Crippen LogP contribution in [0.5, 0.6) is 11.5 Å². The molecule has 10 nitrogen and oxygen atoms in total. The molecule has 1 fully saturated rings. The number of methoxy groups -OCH3 is 2. The monoisotopic (exact) mass is 529 g/mol. The van der Waals surface area contributed by atoms with E-state index >= 15 is 0 Å². The van der Waals surface area contributed by atoms with Crippen molar-refractivity contribution >= 4 is 22.6 Å². The van der Waals surface area contributed by atoms with Gasteiger partial charge >= 0.3 is 5.69 Å². The molecule has 10 heteroatoms. The molecular formula is C29H31N5O5. The molecule has 0 aliphatic carbocycles. The Morgan fingerprint density at radius 1 is 0.872 bits per heavy atom. The van der Waals surface area contributed by atoms with E-state index in [1.807, 2.05) is 30.3 Å². The highest BCUT2D eigenvalue weighted by Crippen LogP contribution is 2.27. The topological polar surface area (TPSA) is 98.9 Å². The molecule has 5 rings (SSSR count). The van der Waals surface area contributed by atoms with E-state index in [0.717, 1.165) is 15.8 Å². The maximum Gasteiger partial charge on any atom is 0.332 e. The lowest BCUT2D eigenvalue weighted by molar-refractivity contribution is -0.132.